The van der Waals surface area contributed by atoms with Crippen molar-refractivity contribution in [2.24, 2.45) is 5.92 Å². The van der Waals surface area contributed by atoms with Crippen molar-refractivity contribution in [1.82, 2.24) is 19.8 Å². The lowest BCUT2D eigenvalue weighted by Gasteiger charge is -2.42. The van der Waals surface area contributed by atoms with E-state index in [2.05, 4.69) is 60.9 Å². The number of amides is 1. The molecule has 1 aromatic heterocycles. The predicted molar refractivity (Wildman–Crippen MR) is 174 cm³/mol. The summed E-state index contributed by atoms with van der Waals surface area (Å²) in [6, 6.07) is 14.4. The number of aryl methyl sites for hydroxylation is 1. The Morgan fingerprint density at radius 1 is 1.15 bits per heavy atom. The van der Waals surface area contributed by atoms with Crippen molar-refractivity contribution in [1.29, 1.82) is 5.26 Å². The number of carbonyl (C=O) groups is 1. The molecule has 2 aliphatic heterocycles. The molecule has 47 heavy (non-hydrogen) atoms. The maximum absolute atomic E-state index is 13.8. The number of halogens is 3. The van der Waals surface area contributed by atoms with E-state index in [1.54, 1.807) is 0 Å². The zero-order valence-corrected chi connectivity index (χ0v) is 26.9. The summed E-state index contributed by atoms with van der Waals surface area (Å²) < 4.78 is 46.6. The van der Waals surface area contributed by atoms with Gasteiger partial charge >= 0.3 is 6.01 Å². The fraction of sp³-hybridized carbons (Fsp3) is 0.486. The van der Waals surface area contributed by atoms with Crippen LogP contribution in [0.4, 0.5) is 24.7 Å². The van der Waals surface area contributed by atoms with Gasteiger partial charge in [-0.2, -0.15) is 15.2 Å². The molecule has 1 saturated carbocycles. The largest absolute Gasteiger partial charge is 0.462 e. The van der Waals surface area contributed by atoms with Gasteiger partial charge in [-0.1, -0.05) is 36.9 Å². The molecule has 12 heteroatoms. The average molecular weight is 648 g/mol. The van der Waals surface area contributed by atoms with E-state index >= 15 is 0 Å². The van der Waals surface area contributed by atoms with Crippen LogP contribution in [0, 0.1) is 24.2 Å². The van der Waals surface area contributed by atoms with Crippen LogP contribution in [0.25, 0.3) is 10.8 Å². The van der Waals surface area contributed by atoms with Gasteiger partial charge < -0.3 is 24.3 Å². The van der Waals surface area contributed by atoms with E-state index < -0.39 is 23.7 Å². The summed E-state index contributed by atoms with van der Waals surface area (Å²) in [4.78, 5) is 30.0. The summed E-state index contributed by atoms with van der Waals surface area (Å²) in [5, 5.41) is 11.9. The van der Waals surface area contributed by atoms with Gasteiger partial charge in [-0.25, -0.2) is 13.2 Å². The molecule has 1 saturated heterocycles. The zero-order valence-electron chi connectivity index (χ0n) is 26.9. The van der Waals surface area contributed by atoms with Gasteiger partial charge in [-0.3, -0.25) is 4.79 Å². The Morgan fingerprint density at radius 3 is 2.64 bits per heavy atom. The van der Waals surface area contributed by atoms with E-state index in [9.17, 15) is 23.2 Å². The number of benzene rings is 2. The molecular formula is C35H40F3N7O2. The normalized spacial score (nSPS) is 19.3. The van der Waals surface area contributed by atoms with Gasteiger partial charge in [0, 0.05) is 68.7 Å². The summed E-state index contributed by atoms with van der Waals surface area (Å²) in [6.07, 6.45) is 0.561. The molecule has 6 rings (SSSR count). The van der Waals surface area contributed by atoms with E-state index in [1.165, 1.54) is 21.2 Å². The van der Waals surface area contributed by atoms with Crippen molar-refractivity contribution in [3.63, 3.8) is 0 Å². The number of likely N-dealkylation sites (N-methyl/N-ethyl adjacent to an activating group) is 1. The van der Waals surface area contributed by atoms with E-state index in [0.717, 1.165) is 23.5 Å². The van der Waals surface area contributed by atoms with Crippen LogP contribution in [0.2, 0.25) is 0 Å². The zero-order chi connectivity index (χ0) is 33.3. The summed E-state index contributed by atoms with van der Waals surface area (Å²) in [5.41, 5.74) is 4.14. The van der Waals surface area contributed by atoms with Crippen LogP contribution in [0.1, 0.15) is 36.1 Å². The number of rotatable bonds is 10. The maximum atomic E-state index is 13.8. The van der Waals surface area contributed by atoms with Crippen LogP contribution in [0.5, 0.6) is 6.01 Å². The quantitative estimate of drug-likeness (QED) is 0.275. The van der Waals surface area contributed by atoms with Gasteiger partial charge in [0.15, 0.2) is 5.83 Å². The number of alkyl halides is 2. The van der Waals surface area contributed by atoms with Crippen molar-refractivity contribution < 1.29 is 22.7 Å². The van der Waals surface area contributed by atoms with Crippen molar-refractivity contribution >= 4 is 28.2 Å². The number of anilines is 2. The summed E-state index contributed by atoms with van der Waals surface area (Å²) >= 11 is 0. The van der Waals surface area contributed by atoms with Crippen LogP contribution >= 0.6 is 0 Å². The first-order chi connectivity index (χ1) is 22.5. The Labute approximate surface area is 273 Å². The van der Waals surface area contributed by atoms with Gasteiger partial charge in [0.1, 0.15) is 12.4 Å². The van der Waals surface area contributed by atoms with Gasteiger partial charge in [0.05, 0.1) is 30.8 Å². The molecule has 9 nitrogen and oxygen atoms in total. The van der Waals surface area contributed by atoms with Crippen molar-refractivity contribution in [2.45, 2.75) is 51.1 Å². The molecule has 1 amide bonds. The van der Waals surface area contributed by atoms with Crippen molar-refractivity contribution in [2.75, 3.05) is 62.7 Å². The number of nitriles is 1. The Balaban J connectivity index is 1.26. The second kappa shape index (κ2) is 13.4. The number of nitrogens with zero attached hydrogens (tertiary/aromatic N) is 7. The van der Waals surface area contributed by atoms with Crippen LogP contribution in [0.15, 0.2) is 48.8 Å². The van der Waals surface area contributed by atoms with Crippen molar-refractivity contribution in [3.05, 3.63) is 65.6 Å². The average Bonchev–Trinajstić information content (AvgIpc) is 3.03. The van der Waals surface area contributed by atoms with E-state index in [-0.39, 0.29) is 44.3 Å². The Morgan fingerprint density at radius 2 is 1.91 bits per heavy atom. The summed E-state index contributed by atoms with van der Waals surface area (Å²) in [6.45, 7) is 8.85. The minimum Gasteiger partial charge on any atom is -0.462 e. The predicted octanol–water partition coefficient (Wildman–Crippen LogP) is 5.27. The SMILES string of the molecule is C=C(F)C(=O)N1CCN(c2nc(OCCN(C)CC3CC(F)(F)C3)nc3c2CCN(c2cccc4cccc(C)c24)C3)C[C@@H]1CC#N. The van der Waals surface area contributed by atoms with Crippen LogP contribution in [-0.4, -0.2) is 90.6 Å². The van der Waals surface area contributed by atoms with Gasteiger partial charge in [0.2, 0.25) is 5.92 Å². The molecule has 0 unspecified atom stereocenters. The fourth-order valence-corrected chi connectivity index (χ4v) is 7.18. The van der Waals surface area contributed by atoms with E-state index in [1.807, 2.05) is 16.8 Å². The molecule has 2 aromatic carbocycles. The summed E-state index contributed by atoms with van der Waals surface area (Å²) in [7, 11) is 1.89. The van der Waals surface area contributed by atoms with Crippen LogP contribution in [-0.2, 0) is 17.8 Å². The van der Waals surface area contributed by atoms with Gasteiger partial charge in [-0.05, 0) is 43.3 Å². The molecule has 0 radical (unpaired) electrons. The minimum absolute atomic E-state index is 0.0215. The third-order valence-corrected chi connectivity index (χ3v) is 9.51. The molecule has 0 spiro atoms. The Bertz CT molecular complexity index is 1700. The molecule has 3 aliphatic rings. The number of piperazine rings is 1. The lowest BCUT2D eigenvalue weighted by molar-refractivity contribution is -0.131. The van der Waals surface area contributed by atoms with Gasteiger partial charge in [0.25, 0.3) is 5.91 Å². The molecule has 248 valence electrons. The smallest absolute Gasteiger partial charge is 0.318 e. The lowest BCUT2D eigenvalue weighted by Crippen LogP contribution is -2.55. The summed E-state index contributed by atoms with van der Waals surface area (Å²) in [5.74, 6) is -3.71. The van der Waals surface area contributed by atoms with Crippen molar-refractivity contribution in [3.8, 4) is 12.1 Å². The number of hydrogen-bond donors (Lipinski definition) is 0. The Kier molecular flexibility index (Phi) is 9.28. The highest BCUT2D eigenvalue weighted by Gasteiger charge is 2.45. The highest BCUT2D eigenvalue weighted by molar-refractivity contribution is 5.97. The van der Waals surface area contributed by atoms with Crippen LogP contribution < -0.4 is 14.5 Å². The van der Waals surface area contributed by atoms with Gasteiger partial charge in [-0.15, -0.1) is 0 Å². The third kappa shape index (κ3) is 7.00. The number of aromatic nitrogens is 2. The molecule has 3 aromatic rings. The number of hydrogen-bond acceptors (Lipinski definition) is 8. The third-order valence-electron chi connectivity index (χ3n) is 9.51. The second-order valence-electron chi connectivity index (χ2n) is 13.0. The number of fused-ring (bicyclic) bond motifs is 2. The molecule has 1 aliphatic carbocycles. The number of carbonyl (C=O) groups excluding carboxylic acids is 1. The highest BCUT2D eigenvalue weighted by atomic mass is 19.3. The Hall–Kier alpha value is -4.37. The standard InChI is InChI=1S/C35H40F3N7O2/c1-23-6-4-7-26-8-5-9-30(31(23)26)43-13-11-28-29(22-43)40-34(47-17-16-42(3)20-25-18-35(37,38)19-25)41-32(28)44-14-15-45(33(46)24(2)36)27(21-44)10-12-39/h4-9,25,27H,2,10-11,13-22H2,1,3H3/t27-/m0/s1. The van der Waals surface area contributed by atoms with Crippen LogP contribution in [0.3, 0.4) is 0 Å². The number of ether oxygens (including phenoxy) is 1. The molecule has 3 heterocycles. The molecule has 1 atom stereocenters. The first-order valence-electron chi connectivity index (χ1n) is 16.1. The van der Waals surface area contributed by atoms with E-state index in [0.29, 0.717) is 45.0 Å². The molecular weight excluding hydrogens is 607 g/mol. The second-order valence-corrected chi connectivity index (χ2v) is 13.0. The molecule has 2 fully saturated rings. The first-order valence-corrected chi connectivity index (χ1v) is 16.1. The first kappa shape index (κ1) is 32.6. The monoisotopic (exact) mass is 647 g/mol. The minimum atomic E-state index is -2.54. The topological polar surface area (TPSA) is 88.8 Å². The lowest BCUT2D eigenvalue weighted by atomic mass is 9.81. The van der Waals surface area contributed by atoms with E-state index in [4.69, 9.17) is 14.7 Å². The molecule has 0 N–H and O–H groups in total. The maximum Gasteiger partial charge on any atom is 0.318 e. The molecule has 0 bridgehead atoms. The highest BCUT2D eigenvalue weighted by Crippen LogP contribution is 2.42. The fourth-order valence-electron chi connectivity index (χ4n) is 7.18.